The Balaban J connectivity index is 1.46. The first-order valence-electron chi connectivity index (χ1n) is 10.7. The molecule has 0 aromatic heterocycles. The fraction of sp³-hybridized carbons (Fsp3) is 0.240. The summed E-state index contributed by atoms with van der Waals surface area (Å²) >= 11 is 0. The van der Waals surface area contributed by atoms with Crippen molar-refractivity contribution >= 4 is 5.78 Å². The molecule has 0 amide bonds. The van der Waals surface area contributed by atoms with Crippen molar-refractivity contribution in [1.29, 1.82) is 0 Å². The number of fused-ring (bicyclic) bond motifs is 2. The van der Waals surface area contributed by atoms with Crippen LogP contribution in [0.15, 0.2) is 48.5 Å². The number of carbonyl (C=O) groups is 1. The summed E-state index contributed by atoms with van der Waals surface area (Å²) in [5.74, 6) is -0.789. The third-order valence-corrected chi connectivity index (χ3v) is 6.00. The second kappa shape index (κ2) is 8.57. The number of phenols is 3. The molecule has 0 spiro atoms. The molecule has 2 aliphatic heterocycles. The van der Waals surface area contributed by atoms with Crippen LogP contribution in [0.2, 0.25) is 0 Å². The molecule has 0 aliphatic carbocycles. The lowest BCUT2D eigenvalue weighted by atomic mass is 9.92. The van der Waals surface area contributed by atoms with Crippen LogP contribution in [0.3, 0.4) is 0 Å². The number of methoxy groups -OCH3 is 1. The number of ether oxygens (including phenoxy) is 4. The monoisotopic (exact) mass is 482 g/mol. The van der Waals surface area contributed by atoms with E-state index in [4.69, 9.17) is 18.9 Å². The predicted octanol–water partition coefficient (Wildman–Crippen LogP) is 2.36. The number of aliphatic hydroxyl groups is 2. The molecule has 4 atom stereocenters. The molecule has 5 N–H and O–H groups in total. The molecular weight excluding hydrogens is 460 g/mol. The number of phenolic OH excluding ortho intramolecular Hbond substituents is 3. The number of aromatic hydroxyl groups is 3. The van der Waals surface area contributed by atoms with E-state index in [9.17, 15) is 30.3 Å². The number of hydrogen-bond donors (Lipinski definition) is 5. The Bertz CT molecular complexity index is 1300. The van der Waals surface area contributed by atoms with Crippen LogP contribution in [0.4, 0.5) is 0 Å². The lowest BCUT2D eigenvalue weighted by Gasteiger charge is -2.35. The van der Waals surface area contributed by atoms with Gasteiger partial charge in [-0.25, -0.2) is 0 Å². The Morgan fingerprint density at radius 1 is 0.829 bits per heavy atom. The van der Waals surface area contributed by atoms with Gasteiger partial charge in [0.2, 0.25) is 5.78 Å². The first kappa shape index (κ1) is 22.6. The number of hydrogen-bond acceptors (Lipinski definition) is 10. The van der Waals surface area contributed by atoms with Crippen molar-refractivity contribution in [3.63, 3.8) is 0 Å². The number of aliphatic hydroxyl groups excluding tert-OH is 2. The molecule has 2 heterocycles. The molecule has 3 aromatic rings. The highest BCUT2D eigenvalue weighted by Gasteiger charge is 2.40. The number of benzene rings is 3. The van der Waals surface area contributed by atoms with Crippen molar-refractivity contribution in [1.82, 2.24) is 0 Å². The molecule has 5 rings (SSSR count). The van der Waals surface area contributed by atoms with Gasteiger partial charge in [-0.1, -0.05) is 12.1 Å². The summed E-state index contributed by atoms with van der Waals surface area (Å²) in [7, 11) is 1.42. The van der Waals surface area contributed by atoms with Crippen LogP contribution in [-0.4, -0.2) is 57.2 Å². The van der Waals surface area contributed by atoms with E-state index < -0.39 is 35.9 Å². The van der Waals surface area contributed by atoms with Gasteiger partial charge in [-0.3, -0.25) is 4.79 Å². The summed E-state index contributed by atoms with van der Waals surface area (Å²) in [6.07, 6.45) is -4.27. The van der Waals surface area contributed by atoms with Gasteiger partial charge in [-0.2, -0.15) is 0 Å². The van der Waals surface area contributed by atoms with E-state index in [1.807, 2.05) is 0 Å². The molecule has 3 aromatic carbocycles. The van der Waals surface area contributed by atoms with Gasteiger partial charge in [0.15, 0.2) is 47.4 Å². The quantitative estimate of drug-likeness (QED) is 0.374. The van der Waals surface area contributed by atoms with Crippen LogP contribution in [-0.2, 0) is 0 Å². The van der Waals surface area contributed by atoms with Crippen molar-refractivity contribution in [3.05, 3.63) is 65.2 Å². The van der Waals surface area contributed by atoms with Crippen LogP contribution >= 0.6 is 0 Å². The molecule has 10 heteroatoms. The van der Waals surface area contributed by atoms with Crippen molar-refractivity contribution in [3.8, 4) is 40.2 Å². The van der Waals surface area contributed by atoms with Gasteiger partial charge in [-0.15, -0.1) is 0 Å². The lowest BCUT2D eigenvalue weighted by molar-refractivity contribution is -0.0130. The van der Waals surface area contributed by atoms with Crippen LogP contribution in [0.1, 0.15) is 33.7 Å². The summed E-state index contributed by atoms with van der Waals surface area (Å²) in [5.41, 5.74) is 0.779. The highest BCUT2D eigenvalue weighted by molar-refractivity contribution is 6.05. The Morgan fingerprint density at radius 2 is 1.54 bits per heavy atom. The van der Waals surface area contributed by atoms with Crippen molar-refractivity contribution in [2.45, 2.75) is 24.4 Å². The number of ketones is 1. The number of carbonyl (C=O) groups excluding carboxylic acids is 1. The average Bonchev–Trinajstić information content (AvgIpc) is 2.85. The number of rotatable bonds is 4. The average molecular weight is 482 g/mol. The van der Waals surface area contributed by atoms with Gasteiger partial charge in [0.1, 0.15) is 22.8 Å². The van der Waals surface area contributed by atoms with Crippen LogP contribution < -0.4 is 18.9 Å². The molecule has 35 heavy (non-hydrogen) atoms. The zero-order valence-corrected chi connectivity index (χ0v) is 18.4. The zero-order valence-electron chi connectivity index (χ0n) is 18.4. The first-order valence-corrected chi connectivity index (χ1v) is 10.7. The highest BCUT2D eigenvalue weighted by Crippen LogP contribution is 2.45. The van der Waals surface area contributed by atoms with E-state index in [-0.39, 0.29) is 40.9 Å². The van der Waals surface area contributed by atoms with E-state index in [0.29, 0.717) is 16.9 Å². The van der Waals surface area contributed by atoms with E-state index in [0.717, 1.165) is 6.07 Å². The maximum Gasteiger partial charge on any atom is 0.202 e. The minimum atomic E-state index is -1.62. The molecule has 2 aliphatic rings. The topological polar surface area (TPSA) is 155 Å². The molecule has 0 saturated heterocycles. The van der Waals surface area contributed by atoms with Crippen LogP contribution in [0.5, 0.6) is 40.2 Å². The Hall–Kier alpha value is -4.15. The van der Waals surface area contributed by atoms with Gasteiger partial charge >= 0.3 is 0 Å². The molecule has 0 fully saturated rings. The van der Waals surface area contributed by atoms with Crippen LogP contribution in [0.25, 0.3) is 0 Å². The minimum absolute atomic E-state index is 0.0395. The smallest absolute Gasteiger partial charge is 0.202 e. The summed E-state index contributed by atoms with van der Waals surface area (Å²) in [5, 5.41) is 50.2. The Labute approximate surface area is 199 Å². The molecular formula is C25H22O10. The molecule has 0 bridgehead atoms. The van der Waals surface area contributed by atoms with E-state index in [2.05, 4.69) is 0 Å². The van der Waals surface area contributed by atoms with Gasteiger partial charge < -0.3 is 44.5 Å². The molecule has 182 valence electrons. The van der Waals surface area contributed by atoms with E-state index in [1.165, 1.54) is 25.3 Å². The normalized spacial score (nSPS) is 22.8. The van der Waals surface area contributed by atoms with Gasteiger partial charge in [0.05, 0.1) is 13.7 Å². The fourth-order valence-electron chi connectivity index (χ4n) is 4.28. The van der Waals surface area contributed by atoms with Crippen molar-refractivity contribution in [2.24, 2.45) is 0 Å². The Kier molecular flexibility index (Phi) is 5.54. The van der Waals surface area contributed by atoms with Crippen LogP contribution in [0, 0.1) is 0 Å². The standard InChI is InChI=1S/C25H22O10/c1-32-17-6-11(2-4-14(17)28)24-20(10-26)33-18-7-12(3-5-16(18)34-24)25-23(31)22(30)21-15(29)8-13(27)9-19(21)35-25/h2-9,20,23-29,31H,10H2,1H3/t20-,23+,24-,25-/m0/s1. The second-order valence-corrected chi connectivity index (χ2v) is 8.20. The fourth-order valence-corrected chi connectivity index (χ4v) is 4.28. The second-order valence-electron chi connectivity index (χ2n) is 8.20. The number of Topliss-reactive ketones (excluding diaryl/α,β-unsaturated/α-hetero) is 1. The van der Waals surface area contributed by atoms with Gasteiger partial charge in [0.25, 0.3) is 0 Å². The summed E-state index contributed by atoms with van der Waals surface area (Å²) in [4.78, 5) is 12.7. The predicted molar refractivity (Wildman–Crippen MR) is 119 cm³/mol. The maximum absolute atomic E-state index is 12.7. The highest BCUT2D eigenvalue weighted by atomic mass is 16.6. The summed E-state index contributed by atoms with van der Waals surface area (Å²) in [6.45, 7) is -0.384. The van der Waals surface area contributed by atoms with E-state index >= 15 is 0 Å². The first-order chi connectivity index (χ1) is 16.8. The maximum atomic E-state index is 12.7. The van der Waals surface area contributed by atoms with Crippen molar-refractivity contribution in [2.75, 3.05) is 13.7 Å². The van der Waals surface area contributed by atoms with E-state index in [1.54, 1.807) is 24.3 Å². The zero-order chi connectivity index (χ0) is 24.9. The van der Waals surface area contributed by atoms with Gasteiger partial charge in [0, 0.05) is 17.7 Å². The Morgan fingerprint density at radius 3 is 2.29 bits per heavy atom. The lowest BCUT2D eigenvalue weighted by Crippen LogP contribution is -2.37. The SMILES string of the molecule is COc1cc([C@@H]2Oc3ccc([C@@H]4Oc5cc(O)cc(O)c5C(=O)[C@H]4O)cc3O[C@H]2CO)ccc1O. The largest absolute Gasteiger partial charge is 0.508 e. The summed E-state index contributed by atoms with van der Waals surface area (Å²) in [6, 6.07) is 11.6. The van der Waals surface area contributed by atoms with Gasteiger partial charge in [-0.05, 0) is 29.8 Å². The third kappa shape index (κ3) is 3.82. The minimum Gasteiger partial charge on any atom is -0.508 e. The molecule has 10 nitrogen and oxygen atoms in total. The van der Waals surface area contributed by atoms with Crippen molar-refractivity contribution < 1.29 is 49.3 Å². The molecule has 0 saturated carbocycles. The molecule has 0 radical (unpaired) electrons. The third-order valence-electron chi connectivity index (χ3n) is 6.00. The summed E-state index contributed by atoms with van der Waals surface area (Å²) < 4.78 is 23.0. The molecule has 0 unspecified atom stereocenters.